The average molecular weight is 299 g/mol. The van der Waals surface area contributed by atoms with E-state index in [0.29, 0.717) is 6.54 Å². The summed E-state index contributed by atoms with van der Waals surface area (Å²) in [5, 5.41) is 0. The van der Waals surface area contributed by atoms with Crippen LogP contribution in [0.15, 0.2) is 36.4 Å². The van der Waals surface area contributed by atoms with Crippen molar-refractivity contribution in [1.29, 1.82) is 0 Å². The van der Waals surface area contributed by atoms with Gasteiger partial charge in [-0.1, -0.05) is 24.3 Å². The minimum absolute atomic E-state index is 0.0622. The number of hydrogen-bond donors (Lipinski definition) is 0. The van der Waals surface area contributed by atoms with Crippen LogP contribution >= 0.6 is 0 Å². The fourth-order valence-corrected chi connectivity index (χ4v) is 3.92. The second-order valence-electron chi connectivity index (χ2n) is 6.19. The number of hydrogen-bond acceptors (Lipinski definition) is 4. The van der Waals surface area contributed by atoms with Crippen molar-refractivity contribution in [3.05, 3.63) is 42.0 Å². The van der Waals surface area contributed by atoms with Crippen molar-refractivity contribution in [3.63, 3.8) is 0 Å². The Balaban J connectivity index is 1.73. The normalized spacial score (nSPS) is 35.1. The highest BCUT2D eigenvalue weighted by atomic mass is 16.5. The fourth-order valence-electron chi connectivity index (χ4n) is 3.92. The van der Waals surface area contributed by atoms with E-state index in [4.69, 9.17) is 9.47 Å². The first kappa shape index (κ1) is 13.5. The van der Waals surface area contributed by atoms with Crippen LogP contribution in [0, 0.1) is 18.8 Å². The van der Waals surface area contributed by atoms with Crippen LogP contribution in [0.4, 0.5) is 5.69 Å². The smallest absolute Gasteiger partial charge is 0.312 e. The topological polar surface area (TPSA) is 55.8 Å². The summed E-state index contributed by atoms with van der Waals surface area (Å²) in [6, 6.07) is 7.79. The second kappa shape index (κ2) is 4.43. The molecule has 2 bridgehead atoms. The summed E-state index contributed by atoms with van der Waals surface area (Å²) < 4.78 is 10.9. The molecule has 1 aromatic rings. The van der Waals surface area contributed by atoms with Crippen LogP contribution < -0.4 is 4.90 Å². The lowest BCUT2D eigenvalue weighted by Gasteiger charge is -2.22. The molecule has 114 valence electrons. The van der Waals surface area contributed by atoms with Crippen molar-refractivity contribution in [3.8, 4) is 0 Å². The molecule has 1 amide bonds. The first-order chi connectivity index (χ1) is 10.6. The zero-order valence-corrected chi connectivity index (χ0v) is 12.5. The molecule has 5 nitrogen and oxygen atoms in total. The largest absolute Gasteiger partial charge is 0.469 e. The van der Waals surface area contributed by atoms with Crippen LogP contribution in [-0.2, 0) is 19.1 Å². The molecule has 3 aliphatic rings. The predicted octanol–water partition coefficient (Wildman–Crippen LogP) is 1.45. The van der Waals surface area contributed by atoms with E-state index in [-0.39, 0.29) is 18.0 Å². The predicted molar refractivity (Wildman–Crippen MR) is 79.3 cm³/mol. The van der Waals surface area contributed by atoms with Gasteiger partial charge in [-0.25, -0.2) is 0 Å². The number of benzene rings is 1. The standard InChI is InChI=1S/C17H17NO4/c1-10-4-3-5-11(8-10)18-9-17-7-6-12(22-17)13(16(20)21-2)14(17)15(18)19/h3-8,12-14H,9H2,1-2H3/t12-,13-,14+,17+/m1/s1. The number of ether oxygens (including phenoxy) is 2. The van der Waals surface area contributed by atoms with Crippen LogP contribution in [-0.4, -0.2) is 37.2 Å². The van der Waals surface area contributed by atoms with Gasteiger partial charge in [-0.2, -0.15) is 0 Å². The minimum Gasteiger partial charge on any atom is -0.469 e. The molecule has 3 aliphatic heterocycles. The lowest BCUT2D eigenvalue weighted by Crippen LogP contribution is -2.39. The summed E-state index contributed by atoms with van der Waals surface area (Å²) in [4.78, 5) is 26.7. The van der Waals surface area contributed by atoms with Crippen molar-refractivity contribution >= 4 is 17.6 Å². The van der Waals surface area contributed by atoms with E-state index in [1.54, 1.807) is 4.90 Å². The molecule has 4 rings (SSSR count). The molecule has 0 N–H and O–H groups in total. The van der Waals surface area contributed by atoms with Crippen LogP contribution in [0.1, 0.15) is 5.56 Å². The number of esters is 1. The quantitative estimate of drug-likeness (QED) is 0.613. The van der Waals surface area contributed by atoms with Gasteiger partial charge in [-0.3, -0.25) is 9.59 Å². The Morgan fingerprint density at radius 1 is 1.45 bits per heavy atom. The molecule has 0 unspecified atom stereocenters. The van der Waals surface area contributed by atoms with Crippen molar-refractivity contribution in [2.24, 2.45) is 11.8 Å². The summed E-state index contributed by atoms with van der Waals surface area (Å²) in [6.45, 7) is 2.43. The maximum atomic E-state index is 12.9. The molecule has 0 aliphatic carbocycles. The van der Waals surface area contributed by atoms with Crippen molar-refractivity contribution < 1.29 is 19.1 Å². The highest BCUT2D eigenvalue weighted by molar-refractivity contribution is 6.02. The molecule has 5 heteroatoms. The Bertz CT molecular complexity index is 698. The number of aryl methyl sites for hydroxylation is 1. The van der Waals surface area contributed by atoms with E-state index in [1.165, 1.54) is 7.11 Å². The van der Waals surface area contributed by atoms with Crippen molar-refractivity contribution in [2.75, 3.05) is 18.6 Å². The van der Waals surface area contributed by atoms with Gasteiger partial charge in [0.25, 0.3) is 0 Å². The summed E-state index contributed by atoms with van der Waals surface area (Å²) in [6.07, 6.45) is 3.47. The Labute approximate surface area is 128 Å². The highest BCUT2D eigenvalue weighted by Gasteiger charge is 2.67. The molecule has 1 spiro atoms. The van der Waals surface area contributed by atoms with Gasteiger partial charge in [0, 0.05) is 5.69 Å². The summed E-state index contributed by atoms with van der Waals surface area (Å²) >= 11 is 0. The molecule has 1 aromatic carbocycles. The van der Waals surface area contributed by atoms with Crippen molar-refractivity contribution in [2.45, 2.75) is 18.6 Å². The van der Waals surface area contributed by atoms with Gasteiger partial charge in [0.15, 0.2) is 0 Å². The van der Waals surface area contributed by atoms with E-state index in [2.05, 4.69) is 0 Å². The molecule has 4 atom stereocenters. The molecule has 2 saturated heterocycles. The highest BCUT2D eigenvalue weighted by Crippen LogP contribution is 2.52. The summed E-state index contributed by atoms with van der Waals surface area (Å²) in [5.74, 6) is -1.47. The van der Waals surface area contributed by atoms with Gasteiger partial charge in [-0.15, -0.1) is 0 Å². The van der Waals surface area contributed by atoms with Crippen LogP contribution in [0.5, 0.6) is 0 Å². The zero-order chi connectivity index (χ0) is 15.5. The van der Waals surface area contributed by atoms with Gasteiger partial charge in [-0.05, 0) is 24.6 Å². The van der Waals surface area contributed by atoms with Gasteiger partial charge in [0.2, 0.25) is 5.91 Å². The number of amides is 1. The maximum absolute atomic E-state index is 12.9. The average Bonchev–Trinajstić information content (AvgIpc) is 3.15. The Morgan fingerprint density at radius 3 is 3.00 bits per heavy atom. The van der Waals surface area contributed by atoms with E-state index in [9.17, 15) is 9.59 Å². The number of anilines is 1. The third-order valence-corrected chi connectivity index (χ3v) is 4.89. The number of methoxy groups -OCH3 is 1. The van der Waals surface area contributed by atoms with Gasteiger partial charge in [0.1, 0.15) is 11.5 Å². The number of nitrogens with zero attached hydrogens (tertiary/aromatic N) is 1. The Kier molecular flexibility index (Phi) is 2.72. The van der Waals surface area contributed by atoms with E-state index in [1.807, 2.05) is 43.3 Å². The molecular weight excluding hydrogens is 282 g/mol. The Hall–Kier alpha value is -2.14. The maximum Gasteiger partial charge on any atom is 0.312 e. The fraction of sp³-hybridized carbons (Fsp3) is 0.412. The molecule has 0 radical (unpaired) electrons. The number of rotatable bonds is 2. The summed E-state index contributed by atoms with van der Waals surface area (Å²) in [5.41, 5.74) is 1.24. The number of carbonyl (C=O) groups is 2. The van der Waals surface area contributed by atoms with Crippen LogP contribution in [0.3, 0.4) is 0 Å². The second-order valence-corrected chi connectivity index (χ2v) is 6.19. The zero-order valence-electron chi connectivity index (χ0n) is 12.5. The van der Waals surface area contributed by atoms with Crippen molar-refractivity contribution in [1.82, 2.24) is 0 Å². The molecular formula is C17H17NO4. The molecule has 22 heavy (non-hydrogen) atoms. The van der Waals surface area contributed by atoms with E-state index in [0.717, 1.165) is 11.3 Å². The number of fused-ring (bicyclic) bond motifs is 1. The van der Waals surface area contributed by atoms with Crippen LogP contribution in [0.2, 0.25) is 0 Å². The molecule has 0 saturated carbocycles. The van der Waals surface area contributed by atoms with Crippen LogP contribution in [0.25, 0.3) is 0 Å². The minimum atomic E-state index is -0.690. The van der Waals surface area contributed by atoms with E-state index < -0.39 is 17.4 Å². The Morgan fingerprint density at radius 2 is 2.27 bits per heavy atom. The third kappa shape index (κ3) is 1.63. The monoisotopic (exact) mass is 299 g/mol. The van der Waals surface area contributed by atoms with Gasteiger partial charge in [0.05, 0.1) is 25.7 Å². The molecule has 2 fully saturated rings. The third-order valence-electron chi connectivity index (χ3n) is 4.89. The van der Waals surface area contributed by atoms with E-state index >= 15 is 0 Å². The number of carbonyl (C=O) groups excluding carboxylic acids is 2. The van der Waals surface area contributed by atoms with Gasteiger partial charge >= 0.3 is 5.97 Å². The lowest BCUT2D eigenvalue weighted by molar-refractivity contribution is -0.149. The SMILES string of the molecule is COC(=O)[C@H]1[C@H]2C(=O)N(c3cccc(C)c3)C[C@@]23C=C[C@H]1O3. The first-order valence-corrected chi connectivity index (χ1v) is 7.39. The summed E-state index contributed by atoms with van der Waals surface area (Å²) in [7, 11) is 1.35. The molecule has 3 heterocycles. The first-order valence-electron chi connectivity index (χ1n) is 7.39. The molecule has 0 aromatic heterocycles. The van der Waals surface area contributed by atoms with Gasteiger partial charge < -0.3 is 14.4 Å². The lowest BCUT2D eigenvalue weighted by atomic mass is 9.77.